The van der Waals surface area contributed by atoms with E-state index < -0.39 is 5.97 Å². The number of rotatable bonds is 5. The maximum absolute atomic E-state index is 12.6. The summed E-state index contributed by atoms with van der Waals surface area (Å²) in [4.78, 5) is 24.4. The van der Waals surface area contributed by atoms with Crippen LogP contribution in [0, 0.1) is 0 Å². The molecule has 0 spiro atoms. The quantitative estimate of drug-likeness (QED) is 0.618. The first-order chi connectivity index (χ1) is 12.1. The van der Waals surface area contributed by atoms with E-state index in [4.69, 9.17) is 17.0 Å². The molecule has 0 bridgehead atoms. The lowest BCUT2D eigenvalue weighted by atomic mass is 10.2. The summed E-state index contributed by atoms with van der Waals surface area (Å²) in [6.45, 7) is 6.18. The van der Waals surface area contributed by atoms with Gasteiger partial charge in [0.15, 0.2) is 5.11 Å². The second-order valence-corrected chi connectivity index (χ2v) is 5.95. The third-order valence-electron chi connectivity index (χ3n) is 3.65. The zero-order valence-corrected chi connectivity index (χ0v) is 15.4. The molecule has 1 aliphatic heterocycles. The molecular weight excluding hydrogens is 340 g/mol. The molecule has 2 amide bonds. The van der Waals surface area contributed by atoms with E-state index in [2.05, 4.69) is 17.6 Å². The van der Waals surface area contributed by atoms with Gasteiger partial charge < -0.3 is 15.4 Å². The average Bonchev–Trinajstić information content (AvgIpc) is 3.10. The lowest BCUT2D eigenvalue weighted by Gasteiger charge is -2.30. The molecule has 25 heavy (non-hydrogen) atoms. The van der Waals surface area contributed by atoms with Gasteiger partial charge in [-0.3, -0.25) is 5.01 Å². The lowest BCUT2D eigenvalue weighted by Crippen LogP contribution is -2.50. The van der Waals surface area contributed by atoms with E-state index in [1.807, 2.05) is 0 Å². The van der Waals surface area contributed by atoms with Gasteiger partial charge in [0.05, 0.1) is 12.2 Å². The van der Waals surface area contributed by atoms with Gasteiger partial charge in [-0.25, -0.2) is 14.6 Å². The summed E-state index contributed by atoms with van der Waals surface area (Å²) in [7, 11) is 0. The second kappa shape index (κ2) is 9.22. The fourth-order valence-electron chi connectivity index (χ4n) is 2.48. The van der Waals surface area contributed by atoms with Crippen LogP contribution >= 0.6 is 12.2 Å². The molecule has 7 nitrogen and oxygen atoms in total. The van der Waals surface area contributed by atoms with Gasteiger partial charge >= 0.3 is 12.0 Å². The van der Waals surface area contributed by atoms with E-state index in [9.17, 15) is 9.59 Å². The Hall–Kier alpha value is -2.35. The van der Waals surface area contributed by atoms with Gasteiger partial charge in [0.2, 0.25) is 0 Å². The Kier molecular flexibility index (Phi) is 7.00. The van der Waals surface area contributed by atoms with Crippen molar-refractivity contribution >= 4 is 35.0 Å². The number of hydrogen-bond acceptors (Lipinski definition) is 4. The summed E-state index contributed by atoms with van der Waals surface area (Å²) < 4.78 is 4.98. The fraction of sp³-hybridized carbons (Fsp3) is 0.471. The number of carbonyl (C=O) groups excluding carboxylic acids is 2. The Morgan fingerprint density at radius 1 is 1.24 bits per heavy atom. The molecular formula is C17H24N4O3S. The first kappa shape index (κ1) is 19.0. The molecule has 1 fully saturated rings. The molecule has 0 atom stereocenters. The number of thiocarbonyl (C=S) groups is 1. The highest BCUT2D eigenvalue weighted by atomic mass is 32.1. The first-order valence-corrected chi connectivity index (χ1v) is 8.88. The number of benzene rings is 1. The molecule has 0 aromatic heterocycles. The van der Waals surface area contributed by atoms with Crippen LogP contribution in [0.4, 0.5) is 10.5 Å². The zero-order chi connectivity index (χ0) is 18.2. The predicted octanol–water partition coefficient (Wildman–Crippen LogP) is 2.60. The van der Waals surface area contributed by atoms with Crippen molar-refractivity contribution in [1.82, 2.24) is 15.3 Å². The van der Waals surface area contributed by atoms with Crippen LogP contribution in [0.15, 0.2) is 24.3 Å². The van der Waals surface area contributed by atoms with Gasteiger partial charge in [-0.1, -0.05) is 13.0 Å². The van der Waals surface area contributed by atoms with Crippen molar-refractivity contribution in [3.8, 4) is 0 Å². The van der Waals surface area contributed by atoms with Crippen molar-refractivity contribution in [3.05, 3.63) is 29.8 Å². The maximum Gasteiger partial charge on any atom is 0.340 e. The minimum Gasteiger partial charge on any atom is -0.462 e. The van der Waals surface area contributed by atoms with Crippen LogP contribution in [0.2, 0.25) is 0 Å². The number of ether oxygens (including phenoxy) is 1. The topological polar surface area (TPSA) is 73.9 Å². The SMILES string of the molecule is CCCNC(=S)N1CCCN1C(=O)Nc1cccc(C(=O)OCC)c1. The molecule has 0 radical (unpaired) electrons. The molecule has 1 aliphatic rings. The highest BCUT2D eigenvalue weighted by Crippen LogP contribution is 2.16. The number of anilines is 1. The highest BCUT2D eigenvalue weighted by molar-refractivity contribution is 7.80. The van der Waals surface area contributed by atoms with Crippen LogP contribution in [0.5, 0.6) is 0 Å². The van der Waals surface area contributed by atoms with Crippen LogP contribution in [-0.2, 0) is 4.74 Å². The van der Waals surface area contributed by atoms with Crippen LogP contribution in [0.3, 0.4) is 0 Å². The summed E-state index contributed by atoms with van der Waals surface area (Å²) in [6.07, 6.45) is 1.81. The highest BCUT2D eigenvalue weighted by Gasteiger charge is 2.28. The predicted molar refractivity (Wildman–Crippen MR) is 100 cm³/mol. The van der Waals surface area contributed by atoms with Crippen LogP contribution in [-0.4, -0.2) is 53.4 Å². The van der Waals surface area contributed by atoms with Crippen molar-refractivity contribution in [2.45, 2.75) is 26.7 Å². The number of urea groups is 1. The molecule has 1 saturated heterocycles. The summed E-state index contributed by atoms with van der Waals surface area (Å²) in [5.41, 5.74) is 0.938. The van der Waals surface area contributed by atoms with E-state index >= 15 is 0 Å². The second-order valence-electron chi connectivity index (χ2n) is 5.56. The average molecular weight is 364 g/mol. The zero-order valence-electron chi connectivity index (χ0n) is 14.6. The van der Waals surface area contributed by atoms with E-state index in [0.29, 0.717) is 36.1 Å². The summed E-state index contributed by atoms with van der Waals surface area (Å²) in [6, 6.07) is 6.41. The largest absolute Gasteiger partial charge is 0.462 e. The summed E-state index contributed by atoms with van der Waals surface area (Å²) in [5, 5.41) is 9.86. The summed E-state index contributed by atoms with van der Waals surface area (Å²) >= 11 is 5.36. The summed E-state index contributed by atoms with van der Waals surface area (Å²) in [5.74, 6) is -0.411. The Labute approximate surface area is 153 Å². The Morgan fingerprint density at radius 3 is 2.72 bits per heavy atom. The van der Waals surface area contributed by atoms with E-state index in [-0.39, 0.29) is 6.03 Å². The fourth-order valence-corrected chi connectivity index (χ4v) is 2.78. The molecule has 136 valence electrons. The standard InChI is InChI=1S/C17H24N4O3S/c1-3-9-18-17(25)21-11-6-10-20(21)16(23)19-14-8-5-7-13(12-14)15(22)24-4-2/h5,7-8,12H,3-4,6,9-11H2,1-2H3,(H,18,25)(H,19,23). The van der Waals surface area contributed by atoms with Gasteiger partial charge in [0.1, 0.15) is 0 Å². The first-order valence-electron chi connectivity index (χ1n) is 8.47. The minimum absolute atomic E-state index is 0.279. The van der Waals surface area contributed by atoms with Crippen molar-refractivity contribution in [3.63, 3.8) is 0 Å². The van der Waals surface area contributed by atoms with Gasteiger partial charge in [-0.15, -0.1) is 0 Å². The minimum atomic E-state index is -0.411. The van der Waals surface area contributed by atoms with Crippen LogP contribution in [0.25, 0.3) is 0 Å². The third kappa shape index (κ3) is 5.06. The van der Waals surface area contributed by atoms with E-state index in [1.165, 1.54) is 0 Å². The van der Waals surface area contributed by atoms with Gasteiger partial charge in [0.25, 0.3) is 0 Å². The molecule has 8 heteroatoms. The smallest absolute Gasteiger partial charge is 0.340 e. The maximum atomic E-state index is 12.6. The lowest BCUT2D eigenvalue weighted by molar-refractivity contribution is 0.0526. The van der Waals surface area contributed by atoms with Crippen LogP contribution in [0.1, 0.15) is 37.0 Å². The molecule has 1 aromatic carbocycles. The molecule has 2 rings (SSSR count). The number of nitrogens with one attached hydrogen (secondary N) is 2. The molecule has 0 aliphatic carbocycles. The molecule has 1 heterocycles. The third-order valence-corrected chi connectivity index (χ3v) is 4.01. The van der Waals surface area contributed by atoms with Crippen LogP contribution < -0.4 is 10.6 Å². The van der Waals surface area contributed by atoms with Crippen molar-refractivity contribution in [2.24, 2.45) is 0 Å². The van der Waals surface area contributed by atoms with Crippen molar-refractivity contribution in [2.75, 3.05) is 31.6 Å². The number of esters is 1. The Balaban J connectivity index is 2.02. The van der Waals surface area contributed by atoms with Crippen molar-refractivity contribution < 1.29 is 14.3 Å². The van der Waals surface area contributed by atoms with Gasteiger partial charge in [0, 0.05) is 25.3 Å². The number of hydrogen-bond donors (Lipinski definition) is 2. The molecule has 0 saturated carbocycles. The van der Waals surface area contributed by atoms with Gasteiger partial charge in [-0.05, 0) is 50.2 Å². The Morgan fingerprint density at radius 2 is 2.00 bits per heavy atom. The molecule has 2 N–H and O–H groups in total. The number of hydrazine groups is 1. The van der Waals surface area contributed by atoms with Crippen molar-refractivity contribution in [1.29, 1.82) is 0 Å². The van der Waals surface area contributed by atoms with E-state index in [0.717, 1.165) is 19.4 Å². The number of nitrogens with zero attached hydrogens (tertiary/aromatic N) is 2. The monoisotopic (exact) mass is 364 g/mol. The number of amides is 2. The molecule has 0 unspecified atom stereocenters. The number of carbonyl (C=O) groups is 2. The Bertz CT molecular complexity index is 638. The van der Waals surface area contributed by atoms with Gasteiger partial charge in [-0.2, -0.15) is 0 Å². The normalized spacial score (nSPS) is 13.5. The van der Waals surface area contributed by atoms with E-state index in [1.54, 1.807) is 41.2 Å². The molecule has 1 aromatic rings.